The van der Waals surface area contributed by atoms with Crippen LogP contribution in [0.25, 0.3) is 0 Å². The first-order valence-electron chi connectivity index (χ1n) is 8.96. The molecule has 0 radical (unpaired) electrons. The Morgan fingerprint density at radius 3 is 2.68 bits per heavy atom. The van der Waals surface area contributed by atoms with Gasteiger partial charge in [0.05, 0.1) is 18.3 Å². The molecule has 0 saturated heterocycles. The normalized spacial score (nSPS) is 17.6. The van der Waals surface area contributed by atoms with Gasteiger partial charge in [-0.25, -0.2) is 0 Å². The summed E-state index contributed by atoms with van der Waals surface area (Å²) in [4.78, 5) is 2.21. The van der Waals surface area contributed by atoms with Gasteiger partial charge >= 0.3 is 0 Å². The quantitative estimate of drug-likeness (QED) is 0.763. The molecule has 1 aliphatic rings. The van der Waals surface area contributed by atoms with Crippen molar-refractivity contribution in [1.82, 2.24) is 0 Å². The van der Waals surface area contributed by atoms with Crippen molar-refractivity contribution in [3.63, 3.8) is 0 Å². The van der Waals surface area contributed by atoms with Crippen LogP contribution in [-0.4, -0.2) is 39.0 Å². The largest absolute Gasteiger partial charge is 0.490 e. The molecule has 2 unspecified atom stereocenters. The third kappa shape index (κ3) is 4.67. The van der Waals surface area contributed by atoms with Crippen LogP contribution >= 0.6 is 0 Å². The molecule has 25 heavy (non-hydrogen) atoms. The van der Waals surface area contributed by atoms with E-state index in [1.165, 1.54) is 5.56 Å². The van der Waals surface area contributed by atoms with Gasteiger partial charge in [0.2, 0.25) is 0 Å². The number of rotatable bonds is 7. The first-order valence-corrected chi connectivity index (χ1v) is 8.96. The lowest BCUT2D eigenvalue weighted by Gasteiger charge is -2.33. The number of hydrogen-bond donors (Lipinski definition) is 0. The molecule has 134 valence electrons. The molecule has 3 rings (SSSR count). The van der Waals surface area contributed by atoms with Crippen LogP contribution in [-0.2, 0) is 11.2 Å². The maximum absolute atomic E-state index is 6.04. The van der Waals surface area contributed by atoms with Gasteiger partial charge in [-0.3, -0.25) is 0 Å². The number of anilines is 1. The van der Waals surface area contributed by atoms with Crippen molar-refractivity contribution < 1.29 is 14.2 Å². The highest BCUT2D eigenvalue weighted by Gasteiger charge is 2.23. The number of fused-ring (bicyclic) bond motifs is 1. The van der Waals surface area contributed by atoms with Gasteiger partial charge in [0.25, 0.3) is 0 Å². The molecule has 4 heteroatoms. The Morgan fingerprint density at radius 1 is 1.16 bits per heavy atom. The first kappa shape index (κ1) is 17.6. The summed E-state index contributed by atoms with van der Waals surface area (Å²) in [6.07, 6.45) is 1.18. The van der Waals surface area contributed by atoms with Gasteiger partial charge < -0.3 is 19.1 Å². The molecule has 2 aromatic rings. The molecule has 0 amide bonds. The average molecular weight is 341 g/mol. The predicted octanol–water partition coefficient (Wildman–Crippen LogP) is 3.93. The van der Waals surface area contributed by atoms with Gasteiger partial charge in [0.1, 0.15) is 24.2 Å². The third-order valence-corrected chi connectivity index (χ3v) is 4.38. The van der Waals surface area contributed by atoms with Crippen LogP contribution in [0.3, 0.4) is 0 Å². The van der Waals surface area contributed by atoms with E-state index in [9.17, 15) is 0 Å². The van der Waals surface area contributed by atoms with Gasteiger partial charge in [0.15, 0.2) is 0 Å². The summed E-state index contributed by atoms with van der Waals surface area (Å²) < 4.78 is 17.6. The molecule has 0 aliphatic carbocycles. The molecule has 1 heterocycles. The molecular formula is C21H27NO3. The maximum atomic E-state index is 6.04. The van der Waals surface area contributed by atoms with Crippen molar-refractivity contribution in [2.75, 3.05) is 31.7 Å². The molecule has 0 fully saturated rings. The fraction of sp³-hybridized carbons (Fsp3) is 0.429. The fourth-order valence-electron chi connectivity index (χ4n) is 3.17. The van der Waals surface area contributed by atoms with E-state index in [0.717, 1.165) is 36.8 Å². The molecule has 1 aliphatic heterocycles. The Bertz CT molecular complexity index is 671. The topological polar surface area (TPSA) is 30.9 Å². The Balaban J connectivity index is 1.52. The summed E-state index contributed by atoms with van der Waals surface area (Å²) in [6, 6.07) is 16.4. The minimum Gasteiger partial charge on any atom is -0.490 e. The summed E-state index contributed by atoms with van der Waals surface area (Å²) in [5.74, 6) is 1.79. The van der Waals surface area contributed by atoms with Crippen LogP contribution < -0.4 is 14.4 Å². The lowest BCUT2D eigenvalue weighted by Crippen LogP contribution is -2.41. The van der Waals surface area contributed by atoms with E-state index in [0.29, 0.717) is 6.61 Å². The van der Waals surface area contributed by atoms with Gasteiger partial charge in [-0.15, -0.1) is 0 Å². The number of para-hydroxylation sites is 2. The Kier molecular flexibility index (Phi) is 5.82. The second kappa shape index (κ2) is 8.26. The van der Waals surface area contributed by atoms with E-state index >= 15 is 0 Å². The summed E-state index contributed by atoms with van der Waals surface area (Å²) in [6.45, 7) is 6.23. The Hall–Kier alpha value is -2.20. The van der Waals surface area contributed by atoms with Crippen molar-refractivity contribution in [2.24, 2.45) is 0 Å². The smallest absolute Gasteiger partial charge is 0.150 e. The van der Waals surface area contributed by atoms with E-state index in [1.807, 2.05) is 37.3 Å². The summed E-state index contributed by atoms with van der Waals surface area (Å²) >= 11 is 0. The van der Waals surface area contributed by atoms with E-state index < -0.39 is 0 Å². The average Bonchev–Trinajstić information content (AvgIpc) is 2.61. The molecular weight excluding hydrogens is 314 g/mol. The standard InChI is InChI=1S/C21H27NO3/c1-4-23-16(2)13-17-9-11-18(12-10-17)24-15-19-14-22(3)20-7-5-6-8-21(20)25-19/h5-12,16,19H,4,13-15H2,1-3H3. The molecule has 2 aromatic carbocycles. The number of benzene rings is 2. The van der Waals surface area contributed by atoms with Gasteiger partial charge in [0, 0.05) is 13.7 Å². The van der Waals surface area contributed by atoms with Crippen molar-refractivity contribution in [3.8, 4) is 11.5 Å². The highest BCUT2D eigenvalue weighted by molar-refractivity contribution is 5.59. The van der Waals surface area contributed by atoms with Crippen LogP contribution in [0.5, 0.6) is 11.5 Å². The third-order valence-electron chi connectivity index (χ3n) is 4.38. The van der Waals surface area contributed by atoms with Gasteiger partial charge in [-0.1, -0.05) is 24.3 Å². The zero-order valence-corrected chi connectivity index (χ0v) is 15.3. The molecule has 0 spiro atoms. The van der Waals surface area contributed by atoms with Crippen LogP contribution in [0, 0.1) is 0 Å². The highest BCUT2D eigenvalue weighted by Crippen LogP contribution is 2.32. The van der Waals surface area contributed by atoms with E-state index in [4.69, 9.17) is 14.2 Å². The zero-order chi connectivity index (χ0) is 17.6. The summed E-state index contributed by atoms with van der Waals surface area (Å²) in [7, 11) is 2.09. The molecule has 0 aromatic heterocycles. The van der Waals surface area contributed by atoms with Crippen molar-refractivity contribution in [1.29, 1.82) is 0 Å². The maximum Gasteiger partial charge on any atom is 0.150 e. The number of likely N-dealkylation sites (N-methyl/N-ethyl adjacent to an activating group) is 1. The van der Waals surface area contributed by atoms with Gasteiger partial charge in [-0.2, -0.15) is 0 Å². The summed E-state index contributed by atoms with van der Waals surface area (Å²) in [5.41, 5.74) is 2.39. The van der Waals surface area contributed by atoms with Crippen molar-refractivity contribution >= 4 is 5.69 Å². The van der Waals surface area contributed by atoms with Crippen LogP contribution in [0.15, 0.2) is 48.5 Å². The molecule has 2 atom stereocenters. The van der Waals surface area contributed by atoms with Crippen molar-refractivity contribution in [2.45, 2.75) is 32.5 Å². The minimum absolute atomic E-state index is 0.0255. The summed E-state index contributed by atoms with van der Waals surface area (Å²) in [5, 5.41) is 0. The second-order valence-electron chi connectivity index (χ2n) is 6.51. The first-order chi connectivity index (χ1) is 12.2. The molecule has 4 nitrogen and oxygen atoms in total. The van der Waals surface area contributed by atoms with E-state index in [-0.39, 0.29) is 12.2 Å². The lowest BCUT2D eigenvalue weighted by atomic mass is 10.1. The lowest BCUT2D eigenvalue weighted by molar-refractivity contribution is 0.0768. The molecule has 0 N–H and O–H groups in total. The predicted molar refractivity (Wildman–Crippen MR) is 101 cm³/mol. The van der Waals surface area contributed by atoms with Gasteiger partial charge in [-0.05, 0) is 50.1 Å². The van der Waals surface area contributed by atoms with Crippen LogP contribution in [0.2, 0.25) is 0 Å². The van der Waals surface area contributed by atoms with Crippen LogP contribution in [0.1, 0.15) is 19.4 Å². The molecule has 0 saturated carbocycles. The number of nitrogens with zero attached hydrogens (tertiary/aromatic N) is 1. The molecule has 0 bridgehead atoms. The number of hydrogen-bond acceptors (Lipinski definition) is 4. The second-order valence-corrected chi connectivity index (χ2v) is 6.51. The number of ether oxygens (including phenoxy) is 3. The highest BCUT2D eigenvalue weighted by atomic mass is 16.5. The van der Waals surface area contributed by atoms with Crippen molar-refractivity contribution in [3.05, 3.63) is 54.1 Å². The Morgan fingerprint density at radius 2 is 1.92 bits per heavy atom. The zero-order valence-electron chi connectivity index (χ0n) is 15.3. The Labute approximate surface area is 150 Å². The fourth-order valence-corrected chi connectivity index (χ4v) is 3.17. The van der Waals surface area contributed by atoms with E-state index in [2.05, 4.69) is 37.1 Å². The van der Waals surface area contributed by atoms with E-state index in [1.54, 1.807) is 0 Å². The monoisotopic (exact) mass is 341 g/mol. The SMILES string of the molecule is CCOC(C)Cc1ccc(OCC2CN(C)c3ccccc3O2)cc1. The minimum atomic E-state index is 0.0255. The van der Waals surface area contributed by atoms with Crippen LogP contribution in [0.4, 0.5) is 5.69 Å².